The second-order valence-corrected chi connectivity index (χ2v) is 9.46. The van der Waals surface area contributed by atoms with Crippen LogP contribution in [0.15, 0.2) is 41.4 Å². The summed E-state index contributed by atoms with van der Waals surface area (Å²) < 4.78 is 11.3. The molecule has 4 aliphatic rings. The number of carbonyl (C=O) groups is 2. The number of hydrogen-bond donors (Lipinski definition) is 0. The SMILES string of the molecule is CC(C)Oc1cccc(OC(C)C)c1P.O=C1C=C(N2CC2)C(=O)C(N2CC2)=C1N1CC1. The van der Waals surface area contributed by atoms with E-state index in [2.05, 4.69) is 9.24 Å². The van der Waals surface area contributed by atoms with E-state index >= 15 is 0 Å². The normalized spacial score (nSPS) is 19.2. The Morgan fingerprint density at radius 2 is 1.25 bits per heavy atom. The number of rotatable bonds is 7. The van der Waals surface area contributed by atoms with E-state index in [4.69, 9.17) is 9.47 Å². The Bertz CT molecular complexity index is 945. The number of ether oxygens (including phenoxy) is 2. The van der Waals surface area contributed by atoms with Crippen LogP contribution in [0.4, 0.5) is 0 Å². The van der Waals surface area contributed by atoms with Gasteiger partial charge in [-0.1, -0.05) is 15.3 Å². The van der Waals surface area contributed by atoms with Crippen LogP contribution in [0.25, 0.3) is 0 Å². The minimum atomic E-state index is 0.00546. The van der Waals surface area contributed by atoms with Crippen LogP contribution in [0.3, 0.4) is 0 Å². The van der Waals surface area contributed by atoms with Crippen molar-refractivity contribution >= 4 is 26.1 Å². The first-order valence-electron chi connectivity index (χ1n) is 11.3. The van der Waals surface area contributed by atoms with E-state index in [1.807, 2.05) is 60.6 Å². The van der Waals surface area contributed by atoms with Crippen molar-refractivity contribution in [2.45, 2.75) is 39.9 Å². The van der Waals surface area contributed by atoms with Gasteiger partial charge in [-0.2, -0.15) is 0 Å². The predicted molar refractivity (Wildman–Crippen MR) is 127 cm³/mol. The average Bonchev–Trinajstić information content (AvgIpc) is 3.56. The number of carbonyl (C=O) groups excluding carboxylic acids is 2. The fourth-order valence-corrected chi connectivity index (χ4v) is 3.84. The van der Waals surface area contributed by atoms with E-state index in [0.717, 1.165) is 56.1 Å². The van der Waals surface area contributed by atoms with Gasteiger partial charge < -0.3 is 24.2 Å². The molecule has 1 unspecified atom stereocenters. The first-order chi connectivity index (χ1) is 15.3. The Hall–Kier alpha value is -2.53. The molecule has 3 fully saturated rings. The van der Waals surface area contributed by atoms with Crippen molar-refractivity contribution in [2.75, 3.05) is 39.3 Å². The van der Waals surface area contributed by atoms with Crippen molar-refractivity contribution in [1.82, 2.24) is 14.7 Å². The van der Waals surface area contributed by atoms with Crippen molar-refractivity contribution in [2.24, 2.45) is 0 Å². The van der Waals surface area contributed by atoms with E-state index in [1.54, 1.807) is 0 Å². The summed E-state index contributed by atoms with van der Waals surface area (Å²) in [5.74, 6) is 1.79. The van der Waals surface area contributed by atoms with Gasteiger partial charge in [0.2, 0.25) is 11.6 Å². The average molecular weight is 458 g/mol. The lowest BCUT2D eigenvalue weighted by molar-refractivity contribution is -0.117. The Labute approximate surface area is 192 Å². The van der Waals surface area contributed by atoms with Gasteiger partial charge >= 0.3 is 0 Å². The molecule has 0 bridgehead atoms. The molecule has 0 saturated carbocycles. The van der Waals surface area contributed by atoms with E-state index in [9.17, 15) is 9.59 Å². The highest BCUT2D eigenvalue weighted by atomic mass is 31.0. The summed E-state index contributed by atoms with van der Waals surface area (Å²) in [5.41, 5.74) is 1.89. The molecule has 1 aliphatic carbocycles. The maximum Gasteiger partial charge on any atom is 0.227 e. The third kappa shape index (κ3) is 5.26. The molecule has 0 spiro atoms. The third-order valence-electron chi connectivity index (χ3n) is 5.24. The third-order valence-corrected chi connectivity index (χ3v) is 5.81. The van der Waals surface area contributed by atoms with Crippen LogP contribution in [-0.4, -0.2) is 77.7 Å². The summed E-state index contributed by atoms with van der Waals surface area (Å²) in [7, 11) is 2.67. The molecule has 3 heterocycles. The Kier molecular flexibility index (Phi) is 6.47. The highest BCUT2D eigenvalue weighted by Gasteiger charge is 2.43. The van der Waals surface area contributed by atoms with Gasteiger partial charge in [-0.25, -0.2) is 0 Å². The lowest BCUT2D eigenvalue weighted by Crippen LogP contribution is -2.29. The standard InChI is InChI=1S/C12H13N3O2.C12H19O2P/c16-9-7-8(13-1-2-13)12(17)11(15-5-6-15)10(9)14-3-4-14;1-8(2)13-10-6-5-7-11(12(10)15)14-9(3)4/h7H,1-6H2;5-9H,15H2,1-4H3. The first-order valence-corrected chi connectivity index (χ1v) is 11.9. The molecular formula is C24H32N3O4P. The number of Topliss-reactive ketones (excluding diaryl/α,β-unsaturated/α-hetero) is 1. The molecule has 3 aliphatic heterocycles. The van der Waals surface area contributed by atoms with Crippen LogP contribution in [-0.2, 0) is 9.59 Å². The topological polar surface area (TPSA) is 61.6 Å². The van der Waals surface area contributed by atoms with E-state index in [0.29, 0.717) is 17.1 Å². The molecule has 32 heavy (non-hydrogen) atoms. The van der Waals surface area contributed by atoms with Gasteiger partial charge in [-0.15, -0.1) is 0 Å². The zero-order valence-corrected chi connectivity index (χ0v) is 20.4. The quantitative estimate of drug-likeness (QED) is 0.352. The molecule has 5 rings (SSSR count). The van der Waals surface area contributed by atoms with Crippen LogP contribution < -0.4 is 14.8 Å². The van der Waals surface area contributed by atoms with Gasteiger partial charge in [0.15, 0.2) is 0 Å². The fraction of sp³-hybridized carbons (Fsp3) is 0.500. The summed E-state index contributed by atoms with van der Waals surface area (Å²) in [6, 6.07) is 5.86. The maximum absolute atomic E-state index is 12.4. The Balaban J connectivity index is 0.000000155. The summed E-state index contributed by atoms with van der Waals surface area (Å²) in [4.78, 5) is 30.5. The van der Waals surface area contributed by atoms with Gasteiger partial charge in [0.05, 0.1) is 23.2 Å². The summed E-state index contributed by atoms with van der Waals surface area (Å²) in [6.07, 6.45) is 1.88. The van der Waals surface area contributed by atoms with Crippen LogP contribution in [0.1, 0.15) is 27.7 Å². The number of ketones is 2. The molecule has 1 atom stereocenters. The second kappa shape index (κ2) is 9.14. The maximum atomic E-state index is 12.4. The molecular weight excluding hydrogens is 425 g/mol. The summed E-state index contributed by atoms with van der Waals surface area (Å²) in [6.45, 7) is 13.5. The zero-order valence-electron chi connectivity index (χ0n) is 19.3. The van der Waals surface area contributed by atoms with Crippen molar-refractivity contribution in [3.63, 3.8) is 0 Å². The first kappa shape index (κ1) is 22.7. The largest absolute Gasteiger partial charge is 0.490 e. The summed E-state index contributed by atoms with van der Waals surface area (Å²) in [5, 5.41) is 0.986. The minimum absolute atomic E-state index is 0.00546. The van der Waals surface area contributed by atoms with Crippen LogP contribution in [0.5, 0.6) is 11.5 Å². The lowest BCUT2D eigenvalue weighted by atomic mass is 10.0. The molecule has 0 amide bonds. The molecule has 1 aromatic carbocycles. The smallest absolute Gasteiger partial charge is 0.227 e. The number of benzene rings is 1. The Morgan fingerprint density at radius 3 is 1.69 bits per heavy atom. The van der Waals surface area contributed by atoms with E-state index in [-0.39, 0.29) is 23.8 Å². The molecule has 172 valence electrons. The summed E-state index contributed by atoms with van der Waals surface area (Å²) >= 11 is 0. The molecule has 0 radical (unpaired) electrons. The van der Waals surface area contributed by atoms with Crippen molar-refractivity contribution in [3.05, 3.63) is 41.4 Å². The van der Waals surface area contributed by atoms with Gasteiger partial charge in [0.25, 0.3) is 0 Å². The molecule has 0 aromatic heterocycles. The van der Waals surface area contributed by atoms with Crippen LogP contribution in [0.2, 0.25) is 0 Å². The highest BCUT2D eigenvalue weighted by molar-refractivity contribution is 7.28. The van der Waals surface area contributed by atoms with Crippen molar-refractivity contribution in [1.29, 1.82) is 0 Å². The zero-order chi connectivity index (χ0) is 23.0. The van der Waals surface area contributed by atoms with Crippen LogP contribution in [0, 0.1) is 0 Å². The van der Waals surface area contributed by atoms with E-state index in [1.165, 1.54) is 6.08 Å². The molecule has 1 aromatic rings. The minimum Gasteiger partial charge on any atom is -0.490 e. The molecule has 7 nitrogen and oxygen atoms in total. The lowest BCUT2D eigenvalue weighted by Gasteiger charge is -2.21. The van der Waals surface area contributed by atoms with Crippen molar-refractivity contribution in [3.8, 4) is 11.5 Å². The van der Waals surface area contributed by atoms with Gasteiger partial charge in [0, 0.05) is 45.3 Å². The molecule has 3 saturated heterocycles. The van der Waals surface area contributed by atoms with Gasteiger partial charge in [0.1, 0.15) is 22.9 Å². The molecule has 0 N–H and O–H groups in total. The Morgan fingerprint density at radius 1 is 0.781 bits per heavy atom. The second-order valence-electron chi connectivity index (χ2n) is 8.88. The monoisotopic (exact) mass is 457 g/mol. The number of nitrogens with zero attached hydrogens (tertiary/aromatic N) is 3. The number of hydrogen-bond acceptors (Lipinski definition) is 7. The number of allylic oxidation sites excluding steroid dienone is 1. The molecule has 8 heteroatoms. The fourth-order valence-electron chi connectivity index (χ4n) is 3.51. The van der Waals surface area contributed by atoms with Gasteiger partial charge in [-0.3, -0.25) is 9.59 Å². The van der Waals surface area contributed by atoms with Crippen LogP contribution >= 0.6 is 9.24 Å². The predicted octanol–water partition coefficient (Wildman–Crippen LogP) is 1.94. The van der Waals surface area contributed by atoms with E-state index < -0.39 is 0 Å². The van der Waals surface area contributed by atoms with Gasteiger partial charge in [-0.05, 0) is 39.8 Å². The van der Waals surface area contributed by atoms with Crippen molar-refractivity contribution < 1.29 is 19.1 Å². The highest BCUT2D eigenvalue weighted by Crippen LogP contribution is 2.34.